The fraction of sp³-hybridized carbons (Fsp3) is 0.100. The Bertz CT molecular complexity index is 1100. The van der Waals surface area contributed by atoms with Crippen molar-refractivity contribution in [3.63, 3.8) is 0 Å². The molecule has 2 aromatic heterocycles. The lowest BCUT2D eigenvalue weighted by atomic mass is 10.1. The van der Waals surface area contributed by atoms with Crippen molar-refractivity contribution in [1.82, 2.24) is 9.55 Å². The van der Waals surface area contributed by atoms with Crippen molar-refractivity contribution >= 4 is 33.9 Å². The molecule has 0 bridgehead atoms. The van der Waals surface area contributed by atoms with Gasteiger partial charge in [0.1, 0.15) is 5.75 Å². The Balaban J connectivity index is 1.75. The van der Waals surface area contributed by atoms with Crippen molar-refractivity contribution in [3.05, 3.63) is 66.0 Å². The second kappa shape index (κ2) is 5.94. The molecule has 25 heavy (non-hydrogen) atoms. The third-order valence-corrected chi connectivity index (χ3v) is 4.45. The summed E-state index contributed by atoms with van der Waals surface area (Å²) in [7, 11) is 1.58. The Morgan fingerprint density at radius 2 is 2.04 bits per heavy atom. The minimum Gasteiger partial charge on any atom is -0.497 e. The monoisotopic (exact) mass is 332 g/mol. The van der Waals surface area contributed by atoms with E-state index in [1.807, 2.05) is 47.0 Å². The van der Waals surface area contributed by atoms with E-state index >= 15 is 0 Å². The van der Waals surface area contributed by atoms with Crippen LogP contribution in [0, 0.1) is 0 Å². The summed E-state index contributed by atoms with van der Waals surface area (Å²) in [4.78, 5) is 27.3. The van der Waals surface area contributed by atoms with Crippen LogP contribution in [0.25, 0.3) is 21.8 Å². The molecule has 0 aliphatic heterocycles. The van der Waals surface area contributed by atoms with E-state index in [9.17, 15) is 9.59 Å². The first-order valence-corrected chi connectivity index (χ1v) is 7.92. The first-order chi connectivity index (χ1) is 12.2. The quantitative estimate of drug-likeness (QED) is 0.446. The normalized spacial score (nSPS) is 11.1. The van der Waals surface area contributed by atoms with Gasteiger partial charge < -0.3 is 14.3 Å². The lowest BCUT2D eigenvalue weighted by Gasteiger charge is -2.05. The summed E-state index contributed by atoms with van der Waals surface area (Å²) in [6, 6.07) is 13.2. The number of H-pyrrole nitrogens is 1. The number of ketones is 1. The summed E-state index contributed by atoms with van der Waals surface area (Å²) in [6.07, 6.45) is 4.25. The number of rotatable bonds is 5. The van der Waals surface area contributed by atoms with E-state index in [1.165, 1.54) is 0 Å². The van der Waals surface area contributed by atoms with Crippen molar-refractivity contribution in [1.29, 1.82) is 0 Å². The fourth-order valence-electron chi connectivity index (χ4n) is 3.20. The van der Waals surface area contributed by atoms with Gasteiger partial charge in [-0.15, -0.1) is 0 Å². The minimum absolute atomic E-state index is 0.0115. The number of methoxy groups -OCH3 is 1. The smallest absolute Gasteiger partial charge is 0.184 e. The van der Waals surface area contributed by atoms with E-state index in [-0.39, 0.29) is 12.3 Å². The number of para-hydroxylation sites is 1. The van der Waals surface area contributed by atoms with Crippen LogP contribution >= 0.6 is 0 Å². The molecule has 0 unspecified atom stereocenters. The number of benzene rings is 2. The number of aromatic amines is 1. The summed E-state index contributed by atoms with van der Waals surface area (Å²) in [5, 5.41) is 1.68. The van der Waals surface area contributed by atoms with Crippen molar-refractivity contribution in [2.24, 2.45) is 0 Å². The molecule has 4 rings (SSSR count). The zero-order valence-electron chi connectivity index (χ0n) is 13.7. The average molecular weight is 332 g/mol. The lowest BCUT2D eigenvalue weighted by molar-refractivity contribution is 0.0974. The standard InChI is InChI=1S/C20H16N2O3/c1-25-14-6-7-19-16(8-14)13(12-23)10-22(19)11-20(24)17-9-21-18-5-3-2-4-15(17)18/h2-10,12,21H,11H2,1H3. The molecule has 0 fully saturated rings. The van der Waals surface area contributed by atoms with Crippen LogP contribution in [0.3, 0.4) is 0 Å². The van der Waals surface area contributed by atoms with Crippen LogP contribution in [0.2, 0.25) is 0 Å². The van der Waals surface area contributed by atoms with Crippen LogP contribution in [0.4, 0.5) is 0 Å². The molecule has 0 radical (unpaired) electrons. The summed E-state index contributed by atoms with van der Waals surface area (Å²) in [5.74, 6) is 0.666. The molecule has 0 saturated heterocycles. The average Bonchev–Trinajstić information content (AvgIpc) is 3.22. The van der Waals surface area contributed by atoms with Crippen molar-refractivity contribution in [2.75, 3.05) is 7.11 Å². The van der Waals surface area contributed by atoms with Crippen LogP contribution in [-0.2, 0) is 6.54 Å². The zero-order valence-corrected chi connectivity index (χ0v) is 13.7. The fourth-order valence-corrected chi connectivity index (χ4v) is 3.20. The molecule has 2 heterocycles. The largest absolute Gasteiger partial charge is 0.497 e. The van der Waals surface area contributed by atoms with E-state index in [0.717, 1.165) is 28.1 Å². The first kappa shape index (κ1) is 15.2. The summed E-state index contributed by atoms with van der Waals surface area (Å²) in [5.41, 5.74) is 2.96. The molecule has 0 amide bonds. The van der Waals surface area contributed by atoms with Gasteiger partial charge in [0.2, 0.25) is 0 Å². The zero-order chi connectivity index (χ0) is 17.4. The molecule has 0 saturated carbocycles. The highest BCUT2D eigenvalue weighted by Gasteiger charge is 2.15. The number of Topliss-reactive ketones (excluding diaryl/α,β-unsaturated/α-hetero) is 1. The Morgan fingerprint density at radius 3 is 2.84 bits per heavy atom. The molecule has 0 aliphatic rings. The highest BCUT2D eigenvalue weighted by Crippen LogP contribution is 2.26. The first-order valence-electron chi connectivity index (χ1n) is 7.92. The maximum Gasteiger partial charge on any atom is 0.184 e. The molecule has 124 valence electrons. The number of carbonyl (C=O) groups excluding carboxylic acids is 2. The number of aromatic nitrogens is 2. The lowest BCUT2D eigenvalue weighted by Crippen LogP contribution is -2.09. The van der Waals surface area contributed by atoms with E-state index in [2.05, 4.69) is 4.98 Å². The number of fused-ring (bicyclic) bond motifs is 2. The summed E-state index contributed by atoms with van der Waals surface area (Å²) in [6.45, 7) is 0.165. The van der Waals surface area contributed by atoms with E-state index < -0.39 is 0 Å². The van der Waals surface area contributed by atoms with Gasteiger partial charge in [0.05, 0.1) is 13.7 Å². The predicted octanol–water partition coefficient (Wildman–Crippen LogP) is 3.83. The minimum atomic E-state index is -0.0115. The Hall–Kier alpha value is -3.34. The number of hydrogen-bond donors (Lipinski definition) is 1. The molecular weight excluding hydrogens is 316 g/mol. The van der Waals surface area contributed by atoms with E-state index in [0.29, 0.717) is 16.9 Å². The van der Waals surface area contributed by atoms with Crippen molar-refractivity contribution < 1.29 is 14.3 Å². The van der Waals surface area contributed by atoms with Gasteiger partial charge in [0.25, 0.3) is 0 Å². The SMILES string of the molecule is COc1ccc2c(c1)c(C=O)cn2CC(=O)c1c[nH]c2ccccc12. The van der Waals surface area contributed by atoms with Crippen LogP contribution in [-0.4, -0.2) is 28.7 Å². The second-order valence-corrected chi connectivity index (χ2v) is 5.88. The van der Waals surface area contributed by atoms with Gasteiger partial charge in [-0.1, -0.05) is 18.2 Å². The Kier molecular flexibility index (Phi) is 3.61. The Morgan fingerprint density at radius 1 is 1.20 bits per heavy atom. The van der Waals surface area contributed by atoms with E-state index in [4.69, 9.17) is 4.74 Å². The maximum absolute atomic E-state index is 12.8. The molecule has 0 aliphatic carbocycles. The number of ether oxygens (including phenoxy) is 1. The molecule has 1 N–H and O–H groups in total. The highest BCUT2D eigenvalue weighted by molar-refractivity contribution is 6.08. The number of nitrogens with one attached hydrogen (secondary N) is 1. The third-order valence-electron chi connectivity index (χ3n) is 4.45. The van der Waals surface area contributed by atoms with Gasteiger partial charge in [0, 0.05) is 45.3 Å². The number of aldehydes is 1. The van der Waals surface area contributed by atoms with Crippen LogP contribution in [0.15, 0.2) is 54.9 Å². The molecule has 0 spiro atoms. The van der Waals surface area contributed by atoms with Gasteiger partial charge >= 0.3 is 0 Å². The summed E-state index contributed by atoms with van der Waals surface area (Å²) >= 11 is 0. The number of carbonyl (C=O) groups is 2. The van der Waals surface area contributed by atoms with Crippen LogP contribution < -0.4 is 4.74 Å². The van der Waals surface area contributed by atoms with Gasteiger partial charge in [-0.2, -0.15) is 0 Å². The summed E-state index contributed by atoms with van der Waals surface area (Å²) < 4.78 is 7.03. The van der Waals surface area contributed by atoms with Gasteiger partial charge in [-0.3, -0.25) is 9.59 Å². The third kappa shape index (κ3) is 2.50. The molecule has 5 heteroatoms. The van der Waals surface area contributed by atoms with Crippen LogP contribution in [0.5, 0.6) is 5.75 Å². The van der Waals surface area contributed by atoms with Gasteiger partial charge in [-0.05, 0) is 24.3 Å². The van der Waals surface area contributed by atoms with E-state index in [1.54, 1.807) is 19.5 Å². The number of hydrogen-bond acceptors (Lipinski definition) is 3. The highest BCUT2D eigenvalue weighted by atomic mass is 16.5. The molecule has 0 atom stereocenters. The molecule has 4 aromatic rings. The van der Waals surface area contributed by atoms with Crippen LogP contribution in [0.1, 0.15) is 20.7 Å². The number of nitrogens with zero attached hydrogens (tertiary/aromatic N) is 1. The molecule has 5 nitrogen and oxygen atoms in total. The van der Waals surface area contributed by atoms with Gasteiger partial charge in [-0.25, -0.2) is 0 Å². The Labute approximate surface area is 143 Å². The van der Waals surface area contributed by atoms with Crippen molar-refractivity contribution in [3.8, 4) is 5.75 Å². The molecule has 2 aromatic carbocycles. The predicted molar refractivity (Wildman–Crippen MR) is 96.5 cm³/mol. The topological polar surface area (TPSA) is 64.1 Å². The van der Waals surface area contributed by atoms with Gasteiger partial charge in [0.15, 0.2) is 12.1 Å². The maximum atomic E-state index is 12.8. The van der Waals surface area contributed by atoms with Crippen molar-refractivity contribution in [2.45, 2.75) is 6.54 Å². The second-order valence-electron chi connectivity index (χ2n) is 5.88. The molecular formula is C20H16N2O3.